The van der Waals surface area contributed by atoms with Gasteiger partial charge in [-0.25, -0.2) is 4.99 Å². The van der Waals surface area contributed by atoms with Crippen molar-refractivity contribution >= 4 is 18.7 Å². The molecule has 24 heavy (non-hydrogen) atoms. The van der Waals surface area contributed by atoms with Crippen LogP contribution in [0.2, 0.25) is 0 Å². The smallest absolute Gasteiger partial charge is 0.380 e. The second-order valence-corrected chi connectivity index (χ2v) is 6.77. The molecule has 0 saturated carbocycles. The molecule has 0 fully saturated rings. The maximum absolute atomic E-state index is 13.2. The number of benzene rings is 2. The number of aliphatic imine (C=N–C) groups is 1. The second kappa shape index (κ2) is 8.78. The molecule has 0 aliphatic heterocycles. The lowest BCUT2D eigenvalue weighted by molar-refractivity contribution is 0.232. The fraction of sp³-hybridized carbons (Fsp3) is 0.278. The molecule has 0 spiro atoms. The van der Waals surface area contributed by atoms with E-state index in [4.69, 9.17) is 13.8 Å². The van der Waals surface area contributed by atoms with E-state index in [0.29, 0.717) is 16.7 Å². The monoisotopic (exact) mass is 347 g/mol. The van der Waals surface area contributed by atoms with E-state index in [-0.39, 0.29) is 13.2 Å². The summed E-state index contributed by atoms with van der Waals surface area (Å²) in [6.45, 7) is 4.10. The molecule has 2 aromatic carbocycles. The van der Waals surface area contributed by atoms with Crippen molar-refractivity contribution in [2.24, 2.45) is 4.99 Å². The molecular weight excluding hydrogens is 325 g/mol. The summed E-state index contributed by atoms with van der Waals surface area (Å²) in [6, 6.07) is 16.5. The fourth-order valence-electron chi connectivity index (χ4n) is 2.15. The van der Waals surface area contributed by atoms with Crippen molar-refractivity contribution in [1.82, 2.24) is 0 Å². The van der Waals surface area contributed by atoms with Crippen molar-refractivity contribution in [2.75, 3.05) is 20.3 Å². The summed E-state index contributed by atoms with van der Waals surface area (Å²) in [5.74, 6) is 0.730. The predicted molar refractivity (Wildman–Crippen MR) is 96.5 cm³/mol. The Balaban J connectivity index is 2.53. The molecule has 0 amide bonds. The van der Waals surface area contributed by atoms with Crippen LogP contribution in [0.5, 0.6) is 5.75 Å². The van der Waals surface area contributed by atoms with Crippen molar-refractivity contribution < 1.29 is 18.3 Å². The summed E-state index contributed by atoms with van der Waals surface area (Å²) >= 11 is 0. The molecule has 2 aromatic rings. The van der Waals surface area contributed by atoms with Crippen LogP contribution in [-0.4, -0.2) is 25.8 Å². The zero-order valence-electron chi connectivity index (χ0n) is 14.1. The molecule has 0 aromatic heterocycles. The van der Waals surface area contributed by atoms with Crippen molar-refractivity contribution in [2.45, 2.75) is 13.8 Å². The lowest BCUT2D eigenvalue weighted by Gasteiger charge is -2.19. The van der Waals surface area contributed by atoms with Gasteiger partial charge in [0.1, 0.15) is 5.75 Å². The highest BCUT2D eigenvalue weighted by atomic mass is 31.2. The van der Waals surface area contributed by atoms with Crippen molar-refractivity contribution in [1.29, 1.82) is 0 Å². The molecule has 0 aliphatic rings. The summed E-state index contributed by atoms with van der Waals surface area (Å²) in [4.78, 5) is 4.56. The number of rotatable bonds is 8. The third-order valence-corrected chi connectivity index (χ3v) is 5.27. The highest BCUT2D eigenvalue weighted by Gasteiger charge is 2.32. The molecule has 0 radical (unpaired) electrons. The lowest BCUT2D eigenvalue weighted by Crippen LogP contribution is -2.08. The summed E-state index contributed by atoms with van der Waals surface area (Å²) < 4.78 is 29.4. The molecule has 0 aliphatic carbocycles. The number of hydrogen-bond acceptors (Lipinski definition) is 5. The molecule has 0 saturated heterocycles. The van der Waals surface area contributed by atoms with Gasteiger partial charge in [-0.05, 0) is 38.1 Å². The molecule has 0 unspecified atom stereocenters. The molecule has 0 heterocycles. The van der Waals surface area contributed by atoms with E-state index in [1.165, 1.54) is 0 Å². The minimum absolute atomic E-state index is 0.270. The maximum Gasteiger partial charge on any atom is 0.380 e. The average Bonchev–Trinajstić information content (AvgIpc) is 2.61. The van der Waals surface area contributed by atoms with Crippen LogP contribution in [0.1, 0.15) is 19.4 Å². The first-order valence-corrected chi connectivity index (χ1v) is 9.35. The van der Waals surface area contributed by atoms with E-state index in [0.717, 1.165) is 5.75 Å². The minimum atomic E-state index is -3.52. The first kappa shape index (κ1) is 18.4. The molecule has 0 bridgehead atoms. The standard InChI is InChI=1S/C18H22NO4P/c1-4-22-24(20,23-5-2)18(15-9-7-6-8-10-15)19-16-11-13-17(21-3)14-12-16/h6-14H,4-5H2,1-3H3. The Morgan fingerprint density at radius 2 is 1.54 bits per heavy atom. The minimum Gasteiger partial charge on any atom is -0.497 e. The van der Waals surface area contributed by atoms with Crippen LogP contribution in [0, 0.1) is 0 Å². The zero-order chi connectivity index (χ0) is 17.4. The van der Waals surface area contributed by atoms with E-state index >= 15 is 0 Å². The first-order valence-electron chi connectivity index (χ1n) is 7.80. The van der Waals surface area contributed by atoms with Crippen LogP contribution in [0.4, 0.5) is 5.69 Å². The van der Waals surface area contributed by atoms with E-state index in [1.54, 1.807) is 45.2 Å². The van der Waals surface area contributed by atoms with E-state index in [2.05, 4.69) is 4.99 Å². The fourth-order valence-corrected chi connectivity index (χ4v) is 3.85. The van der Waals surface area contributed by atoms with Crippen LogP contribution < -0.4 is 4.74 Å². The number of methoxy groups -OCH3 is 1. The van der Waals surface area contributed by atoms with Crippen molar-refractivity contribution in [3.05, 3.63) is 60.2 Å². The summed E-state index contributed by atoms with van der Waals surface area (Å²) in [6.07, 6.45) is 0. The third kappa shape index (κ3) is 4.54. The van der Waals surface area contributed by atoms with Gasteiger partial charge in [0.05, 0.1) is 26.0 Å². The zero-order valence-corrected chi connectivity index (χ0v) is 15.0. The Hall–Kier alpha value is -1.94. The molecule has 2 rings (SSSR count). The normalized spacial score (nSPS) is 12.2. The Morgan fingerprint density at radius 1 is 0.958 bits per heavy atom. The maximum atomic E-state index is 13.2. The molecule has 6 heteroatoms. The Morgan fingerprint density at radius 3 is 2.04 bits per heavy atom. The number of hydrogen-bond donors (Lipinski definition) is 0. The van der Waals surface area contributed by atoms with Gasteiger partial charge >= 0.3 is 7.60 Å². The van der Waals surface area contributed by atoms with Gasteiger partial charge in [0.25, 0.3) is 0 Å². The SMILES string of the molecule is CCOP(=O)(OCC)C(=Nc1ccc(OC)cc1)c1ccccc1. The van der Waals surface area contributed by atoms with E-state index < -0.39 is 7.60 Å². The average molecular weight is 347 g/mol. The highest BCUT2D eigenvalue weighted by Crippen LogP contribution is 2.52. The largest absolute Gasteiger partial charge is 0.497 e. The molecule has 0 N–H and O–H groups in total. The van der Waals surface area contributed by atoms with Gasteiger partial charge in [0.2, 0.25) is 0 Å². The summed E-state index contributed by atoms with van der Waals surface area (Å²) in [5.41, 5.74) is 1.66. The van der Waals surface area contributed by atoms with Crippen molar-refractivity contribution in [3.8, 4) is 5.75 Å². The van der Waals surface area contributed by atoms with Gasteiger partial charge in [-0.3, -0.25) is 4.57 Å². The van der Waals surface area contributed by atoms with Crippen LogP contribution >= 0.6 is 7.60 Å². The van der Waals surface area contributed by atoms with Gasteiger partial charge < -0.3 is 13.8 Å². The molecule has 5 nitrogen and oxygen atoms in total. The Labute approximate surface area is 142 Å². The van der Waals surface area contributed by atoms with E-state index in [1.807, 2.05) is 30.3 Å². The summed E-state index contributed by atoms with van der Waals surface area (Å²) in [7, 11) is -1.91. The van der Waals surface area contributed by atoms with Crippen molar-refractivity contribution in [3.63, 3.8) is 0 Å². The van der Waals surface area contributed by atoms with Crippen LogP contribution in [0.15, 0.2) is 59.6 Å². The quantitative estimate of drug-likeness (QED) is 0.496. The Bertz CT molecular complexity index is 704. The topological polar surface area (TPSA) is 57.1 Å². The van der Waals surface area contributed by atoms with E-state index in [9.17, 15) is 4.57 Å². The first-order chi connectivity index (χ1) is 11.6. The van der Waals surface area contributed by atoms with Crippen LogP contribution in [0.3, 0.4) is 0 Å². The number of ether oxygens (including phenoxy) is 1. The van der Waals surface area contributed by atoms with Gasteiger partial charge in [-0.15, -0.1) is 0 Å². The van der Waals surface area contributed by atoms with Crippen LogP contribution in [-0.2, 0) is 13.6 Å². The second-order valence-electron chi connectivity index (χ2n) is 4.83. The molecule has 0 atom stereocenters. The van der Waals surface area contributed by atoms with Gasteiger partial charge in [0, 0.05) is 5.56 Å². The molecule has 128 valence electrons. The predicted octanol–water partition coefficient (Wildman–Crippen LogP) is 5.04. The van der Waals surface area contributed by atoms with Gasteiger partial charge in [0.15, 0.2) is 5.45 Å². The van der Waals surface area contributed by atoms with Gasteiger partial charge in [-0.2, -0.15) is 0 Å². The molecular formula is C18H22NO4P. The summed E-state index contributed by atoms with van der Waals surface area (Å²) in [5, 5.41) is 0. The highest BCUT2D eigenvalue weighted by molar-refractivity contribution is 7.73. The third-order valence-electron chi connectivity index (χ3n) is 3.20. The number of nitrogens with zero attached hydrogens (tertiary/aromatic N) is 1. The lowest BCUT2D eigenvalue weighted by atomic mass is 10.2. The van der Waals surface area contributed by atoms with Gasteiger partial charge in [-0.1, -0.05) is 30.3 Å². The Kier molecular flexibility index (Phi) is 6.73. The van der Waals surface area contributed by atoms with Crippen LogP contribution in [0.25, 0.3) is 0 Å².